The highest BCUT2D eigenvalue weighted by atomic mass is 32.2. The molecule has 3 aliphatic rings. The number of ether oxygens (including phenoxy) is 1. The number of anilines is 1. The van der Waals surface area contributed by atoms with Gasteiger partial charge in [-0.25, -0.2) is 4.99 Å². The number of fused-ring (bicyclic) bond motifs is 1. The molecule has 3 aliphatic heterocycles. The number of amidine groups is 1. The number of hydrogen-bond acceptors (Lipinski definition) is 5. The zero-order valence-corrected chi connectivity index (χ0v) is 22.9. The van der Waals surface area contributed by atoms with Crippen molar-refractivity contribution in [3.63, 3.8) is 0 Å². The number of thioether (sulfide) groups is 1. The number of nitrogens with zero attached hydrogens (tertiary/aromatic N) is 3. The average molecular weight is 504 g/mol. The fourth-order valence-corrected chi connectivity index (χ4v) is 6.90. The number of para-hydroxylation sites is 1. The van der Waals surface area contributed by atoms with Crippen LogP contribution in [0.1, 0.15) is 69.6 Å². The highest BCUT2D eigenvalue weighted by molar-refractivity contribution is 8.18. The van der Waals surface area contributed by atoms with Crippen LogP contribution >= 0.6 is 11.8 Å². The lowest BCUT2D eigenvalue weighted by Gasteiger charge is -2.47. The van der Waals surface area contributed by atoms with Gasteiger partial charge < -0.3 is 9.64 Å². The van der Waals surface area contributed by atoms with Crippen molar-refractivity contribution in [3.05, 3.63) is 64.1 Å². The van der Waals surface area contributed by atoms with Gasteiger partial charge in [0.1, 0.15) is 0 Å². The van der Waals surface area contributed by atoms with E-state index in [0.717, 1.165) is 53.7 Å². The third kappa shape index (κ3) is 4.85. The van der Waals surface area contributed by atoms with Gasteiger partial charge in [-0.2, -0.15) is 0 Å². The van der Waals surface area contributed by atoms with Crippen molar-refractivity contribution >= 4 is 40.3 Å². The van der Waals surface area contributed by atoms with Gasteiger partial charge in [-0.05, 0) is 112 Å². The fraction of sp³-hybridized carbons (Fsp3) is 0.467. The Morgan fingerprint density at radius 3 is 2.69 bits per heavy atom. The smallest absolute Gasteiger partial charge is 0.266 e. The van der Waals surface area contributed by atoms with Gasteiger partial charge in [0.05, 0.1) is 23.2 Å². The Hall–Kier alpha value is -2.57. The van der Waals surface area contributed by atoms with E-state index in [1.165, 1.54) is 28.6 Å². The first-order valence-corrected chi connectivity index (χ1v) is 14.0. The van der Waals surface area contributed by atoms with Crippen LogP contribution in [0.4, 0.5) is 11.4 Å². The van der Waals surface area contributed by atoms with E-state index < -0.39 is 0 Å². The summed E-state index contributed by atoms with van der Waals surface area (Å²) in [4.78, 5) is 23.5. The second-order valence-electron chi connectivity index (χ2n) is 10.8. The molecule has 0 spiro atoms. The van der Waals surface area contributed by atoms with Crippen LogP contribution in [0.15, 0.2) is 52.4 Å². The molecule has 2 aromatic rings. The van der Waals surface area contributed by atoms with Gasteiger partial charge >= 0.3 is 0 Å². The maximum Gasteiger partial charge on any atom is 0.266 e. The molecule has 0 aliphatic carbocycles. The van der Waals surface area contributed by atoms with Gasteiger partial charge in [-0.15, -0.1) is 0 Å². The summed E-state index contributed by atoms with van der Waals surface area (Å²) < 4.78 is 5.86. The molecule has 2 aromatic carbocycles. The van der Waals surface area contributed by atoms with Crippen LogP contribution in [0.5, 0.6) is 0 Å². The Balaban J connectivity index is 1.51. The first-order valence-electron chi connectivity index (χ1n) is 13.2. The van der Waals surface area contributed by atoms with Gasteiger partial charge in [-0.1, -0.05) is 25.1 Å². The van der Waals surface area contributed by atoms with E-state index in [4.69, 9.17) is 9.73 Å². The maximum atomic E-state index is 13.6. The van der Waals surface area contributed by atoms with Gasteiger partial charge in [0.15, 0.2) is 5.17 Å². The summed E-state index contributed by atoms with van der Waals surface area (Å²) in [5.41, 5.74) is 6.00. The molecule has 5 nitrogen and oxygen atoms in total. The Kier molecular flexibility index (Phi) is 7.01. The molecule has 0 radical (unpaired) electrons. The summed E-state index contributed by atoms with van der Waals surface area (Å²) in [6, 6.07) is 14.5. The number of aryl methyl sites for hydroxylation is 1. The molecule has 5 rings (SSSR count). The molecule has 1 amide bonds. The van der Waals surface area contributed by atoms with Crippen LogP contribution in [0.2, 0.25) is 0 Å². The van der Waals surface area contributed by atoms with E-state index in [1.807, 2.05) is 35.2 Å². The molecule has 6 heteroatoms. The van der Waals surface area contributed by atoms with Crippen molar-refractivity contribution in [3.8, 4) is 0 Å². The van der Waals surface area contributed by atoms with E-state index in [0.29, 0.717) is 12.5 Å². The number of rotatable bonds is 5. The molecule has 2 saturated heterocycles. The fourth-order valence-electron chi connectivity index (χ4n) is 5.90. The molecule has 3 heterocycles. The van der Waals surface area contributed by atoms with E-state index in [1.54, 1.807) is 0 Å². The Morgan fingerprint density at radius 2 is 2.00 bits per heavy atom. The van der Waals surface area contributed by atoms with Crippen LogP contribution in [0, 0.1) is 6.92 Å². The SMILES string of the molecule is CCN1c2cc(C)c(/C=C3/SC(=Nc4ccccc4)N(CC4CCCO4)C3=O)cc2C(C)CC1(C)C. The quantitative estimate of drug-likeness (QED) is 0.417. The van der Waals surface area contributed by atoms with Crippen LogP contribution in [-0.4, -0.2) is 47.3 Å². The van der Waals surface area contributed by atoms with Crippen LogP contribution < -0.4 is 4.90 Å². The van der Waals surface area contributed by atoms with Crippen molar-refractivity contribution < 1.29 is 9.53 Å². The van der Waals surface area contributed by atoms with E-state index in [9.17, 15) is 4.79 Å². The molecule has 0 bridgehead atoms. The molecule has 190 valence electrons. The highest BCUT2D eigenvalue weighted by Gasteiger charge is 2.38. The second-order valence-corrected chi connectivity index (χ2v) is 11.8. The summed E-state index contributed by atoms with van der Waals surface area (Å²) in [7, 11) is 0. The minimum atomic E-state index is 0.0201. The molecule has 2 fully saturated rings. The lowest BCUT2D eigenvalue weighted by molar-refractivity contribution is -0.123. The molecular weight excluding hydrogens is 466 g/mol. The molecule has 0 saturated carbocycles. The average Bonchev–Trinajstić information content (AvgIpc) is 3.45. The highest BCUT2D eigenvalue weighted by Crippen LogP contribution is 2.45. The molecule has 2 unspecified atom stereocenters. The number of benzene rings is 2. The molecule has 0 aromatic heterocycles. The van der Waals surface area contributed by atoms with Crippen LogP contribution in [0.25, 0.3) is 6.08 Å². The van der Waals surface area contributed by atoms with E-state index in [-0.39, 0.29) is 17.6 Å². The topological polar surface area (TPSA) is 45.1 Å². The third-order valence-electron chi connectivity index (χ3n) is 7.66. The van der Waals surface area contributed by atoms with Crippen LogP contribution in [-0.2, 0) is 9.53 Å². The Bertz CT molecular complexity index is 1200. The maximum absolute atomic E-state index is 13.6. The molecular formula is C30H37N3O2S. The van der Waals surface area contributed by atoms with E-state index in [2.05, 4.69) is 57.7 Å². The first-order chi connectivity index (χ1) is 17.3. The number of hydrogen-bond donors (Lipinski definition) is 0. The largest absolute Gasteiger partial charge is 0.376 e. The second kappa shape index (κ2) is 10.1. The number of carbonyl (C=O) groups excluding carboxylic acids is 1. The van der Waals surface area contributed by atoms with Crippen molar-refractivity contribution in [1.29, 1.82) is 0 Å². The lowest BCUT2D eigenvalue weighted by atomic mass is 9.79. The van der Waals surface area contributed by atoms with Crippen molar-refractivity contribution in [2.45, 2.75) is 71.4 Å². The summed E-state index contributed by atoms with van der Waals surface area (Å²) in [6.45, 7) is 13.7. The lowest BCUT2D eigenvalue weighted by Crippen LogP contribution is -2.48. The predicted octanol–water partition coefficient (Wildman–Crippen LogP) is 6.89. The summed E-state index contributed by atoms with van der Waals surface area (Å²) >= 11 is 1.47. The monoisotopic (exact) mass is 503 g/mol. The minimum Gasteiger partial charge on any atom is -0.376 e. The molecule has 36 heavy (non-hydrogen) atoms. The van der Waals surface area contributed by atoms with Crippen molar-refractivity contribution in [1.82, 2.24) is 4.90 Å². The Labute approximate surface area is 219 Å². The van der Waals surface area contributed by atoms with Gasteiger partial charge in [-0.3, -0.25) is 9.69 Å². The zero-order valence-electron chi connectivity index (χ0n) is 22.1. The van der Waals surface area contributed by atoms with Crippen LogP contribution in [0.3, 0.4) is 0 Å². The Morgan fingerprint density at radius 1 is 1.22 bits per heavy atom. The number of carbonyl (C=O) groups is 1. The van der Waals surface area contributed by atoms with E-state index >= 15 is 0 Å². The zero-order chi connectivity index (χ0) is 25.4. The molecule has 0 N–H and O–H groups in total. The summed E-state index contributed by atoms with van der Waals surface area (Å²) in [5, 5.41) is 0.732. The van der Waals surface area contributed by atoms with Gasteiger partial charge in [0.25, 0.3) is 5.91 Å². The summed E-state index contributed by atoms with van der Waals surface area (Å²) in [6.07, 6.45) is 5.29. The molecule has 2 atom stereocenters. The first kappa shape index (κ1) is 25.1. The normalized spacial score (nSPS) is 25.8. The summed E-state index contributed by atoms with van der Waals surface area (Å²) in [5.74, 6) is 0.486. The predicted molar refractivity (Wildman–Crippen MR) is 151 cm³/mol. The van der Waals surface area contributed by atoms with Crippen molar-refractivity contribution in [2.75, 3.05) is 24.6 Å². The van der Waals surface area contributed by atoms with Gasteiger partial charge in [0.2, 0.25) is 0 Å². The number of aliphatic imine (C=N–C) groups is 1. The standard InChI is InChI=1S/C30H37N3O2S/c1-6-33-26-15-20(2)22(16-25(26)21(3)18-30(33,4)5)17-27-28(34)32(19-24-13-10-14-35-24)29(36-27)31-23-11-8-7-9-12-23/h7-9,11-12,15-17,21,24H,6,10,13-14,18-19H2,1-5H3/b27-17+,31-29?. The number of amides is 1. The van der Waals surface area contributed by atoms with Crippen molar-refractivity contribution in [2.24, 2.45) is 4.99 Å². The third-order valence-corrected chi connectivity index (χ3v) is 8.66. The minimum absolute atomic E-state index is 0.0201. The van der Waals surface area contributed by atoms with Gasteiger partial charge in [0, 0.05) is 24.4 Å².